The van der Waals surface area contributed by atoms with E-state index in [1.165, 1.54) is 19.2 Å². The molecule has 0 aromatic heterocycles. The van der Waals surface area contributed by atoms with Crippen LogP contribution in [0.5, 0.6) is 5.75 Å². The Balaban J connectivity index is 1.94. The summed E-state index contributed by atoms with van der Waals surface area (Å²) in [6.45, 7) is 0.384. The number of hydrogen-bond donors (Lipinski definition) is 1. The lowest BCUT2D eigenvalue weighted by Gasteiger charge is -2.17. The number of carbonyl (C=O) groups excluding carboxylic acids is 1. The maximum atomic E-state index is 12.6. The highest BCUT2D eigenvalue weighted by Crippen LogP contribution is 2.29. The summed E-state index contributed by atoms with van der Waals surface area (Å²) in [5.41, 5.74) is 0.427. The van der Waals surface area contributed by atoms with Crippen LogP contribution in [0.2, 0.25) is 5.02 Å². The van der Waals surface area contributed by atoms with E-state index >= 15 is 0 Å². The maximum Gasteiger partial charge on any atom is 0.416 e. The Morgan fingerprint density at radius 3 is 2.42 bits per heavy atom. The van der Waals surface area contributed by atoms with Crippen molar-refractivity contribution in [1.29, 1.82) is 0 Å². The average Bonchev–Trinajstić information content (AvgIpc) is 2.54. The maximum absolute atomic E-state index is 12.6. The van der Waals surface area contributed by atoms with E-state index in [4.69, 9.17) is 16.3 Å². The van der Waals surface area contributed by atoms with Crippen LogP contribution in [0.25, 0.3) is 0 Å². The SMILES string of the molecule is COc1ccc(Cl)cc1NC(=O)CN(C)Cc1ccc(C(F)(F)F)cc1. The summed E-state index contributed by atoms with van der Waals surface area (Å²) in [7, 11) is 3.18. The van der Waals surface area contributed by atoms with Crippen molar-refractivity contribution in [2.24, 2.45) is 0 Å². The molecule has 0 aliphatic carbocycles. The van der Waals surface area contributed by atoms with Gasteiger partial charge in [-0.3, -0.25) is 9.69 Å². The van der Waals surface area contributed by atoms with E-state index in [1.807, 2.05) is 0 Å². The van der Waals surface area contributed by atoms with Gasteiger partial charge in [-0.2, -0.15) is 13.2 Å². The van der Waals surface area contributed by atoms with Crippen LogP contribution in [0.4, 0.5) is 18.9 Å². The van der Waals surface area contributed by atoms with Gasteiger partial charge in [-0.05, 0) is 42.9 Å². The highest BCUT2D eigenvalue weighted by molar-refractivity contribution is 6.31. The van der Waals surface area contributed by atoms with Gasteiger partial charge in [0.05, 0.1) is 24.9 Å². The number of carbonyl (C=O) groups is 1. The Labute approximate surface area is 154 Å². The van der Waals surface area contributed by atoms with Gasteiger partial charge in [-0.15, -0.1) is 0 Å². The quantitative estimate of drug-likeness (QED) is 0.798. The summed E-state index contributed by atoms with van der Waals surface area (Å²) < 4.78 is 42.9. The normalized spacial score (nSPS) is 11.5. The fourth-order valence-electron chi connectivity index (χ4n) is 2.38. The molecule has 2 aromatic rings. The van der Waals surface area contributed by atoms with Gasteiger partial charge in [0.25, 0.3) is 0 Å². The van der Waals surface area contributed by atoms with Crippen molar-refractivity contribution in [1.82, 2.24) is 4.90 Å². The first kappa shape index (κ1) is 20.1. The summed E-state index contributed by atoms with van der Waals surface area (Å²) >= 11 is 5.92. The summed E-state index contributed by atoms with van der Waals surface area (Å²) in [5.74, 6) is 0.188. The molecule has 0 saturated carbocycles. The number of nitrogens with one attached hydrogen (secondary N) is 1. The first-order valence-electron chi connectivity index (χ1n) is 7.67. The van der Waals surface area contributed by atoms with Crippen molar-refractivity contribution in [2.45, 2.75) is 12.7 Å². The van der Waals surface area contributed by atoms with Gasteiger partial charge in [0.2, 0.25) is 5.91 Å². The molecule has 0 aliphatic rings. The molecule has 26 heavy (non-hydrogen) atoms. The Bertz CT molecular complexity index is 764. The molecular weight excluding hydrogens is 369 g/mol. The van der Waals surface area contributed by atoms with E-state index in [0.29, 0.717) is 28.6 Å². The van der Waals surface area contributed by atoms with Crippen LogP contribution < -0.4 is 10.1 Å². The van der Waals surface area contributed by atoms with E-state index in [-0.39, 0.29) is 12.5 Å². The number of anilines is 1. The van der Waals surface area contributed by atoms with Gasteiger partial charge in [-0.25, -0.2) is 0 Å². The van der Waals surface area contributed by atoms with Crippen LogP contribution in [0, 0.1) is 0 Å². The third kappa shape index (κ3) is 5.64. The van der Waals surface area contributed by atoms with Crippen LogP contribution in [-0.2, 0) is 17.5 Å². The number of benzene rings is 2. The summed E-state index contributed by atoms with van der Waals surface area (Å²) in [4.78, 5) is 13.9. The van der Waals surface area contributed by atoms with Crippen LogP contribution in [-0.4, -0.2) is 31.5 Å². The Kier molecular flexibility index (Phi) is 6.50. The van der Waals surface area contributed by atoms with Crippen LogP contribution >= 0.6 is 11.6 Å². The fraction of sp³-hybridized carbons (Fsp3) is 0.278. The van der Waals surface area contributed by atoms with Gasteiger partial charge in [0.15, 0.2) is 0 Å². The molecule has 140 valence electrons. The molecule has 0 fully saturated rings. The molecular formula is C18H18ClF3N2O2. The molecule has 0 atom stereocenters. The van der Waals surface area contributed by atoms with Crippen LogP contribution in [0.3, 0.4) is 0 Å². The van der Waals surface area contributed by atoms with Crippen LogP contribution in [0.1, 0.15) is 11.1 Å². The van der Waals surface area contributed by atoms with Crippen molar-refractivity contribution < 1.29 is 22.7 Å². The third-order valence-electron chi connectivity index (χ3n) is 3.58. The zero-order valence-electron chi connectivity index (χ0n) is 14.2. The van der Waals surface area contributed by atoms with Crippen LogP contribution in [0.15, 0.2) is 42.5 Å². The fourth-order valence-corrected chi connectivity index (χ4v) is 2.55. The second-order valence-corrected chi connectivity index (χ2v) is 6.20. The Morgan fingerprint density at radius 1 is 1.19 bits per heavy atom. The number of nitrogens with zero attached hydrogens (tertiary/aromatic N) is 1. The third-order valence-corrected chi connectivity index (χ3v) is 3.82. The van der Waals surface area contributed by atoms with Crippen molar-refractivity contribution in [3.05, 3.63) is 58.6 Å². The summed E-state index contributed by atoms with van der Waals surface area (Å²) in [6, 6.07) is 9.72. The second kappa shape index (κ2) is 8.42. The van der Waals surface area contributed by atoms with E-state index in [1.54, 1.807) is 30.1 Å². The molecule has 0 heterocycles. The number of halogens is 4. The molecule has 0 saturated heterocycles. The standard InChI is InChI=1S/C18H18ClF3N2O2/c1-24(10-12-3-5-13(6-4-12)18(20,21)22)11-17(25)23-15-9-14(19)7-8-16(15)26-2/h3-9H,10-11H2,1-2H3,(H,23,25). The molecule has 0 unspecified atom stereocenters. The van der Waals surface area contributed by atoms with E-state index < -0.39 is 11.7 Å². The Hall–Kier alpha value is -2.25. The molecule has 1 amide bonds. The lowest BCUT2D eigenvalue weighted by Crippen LogP contribution is -2.30. The predicted octanol–water partition coefficient (Wildman–Crippen LogP) is 4.44. The molecule has 0 radical (unpaired) electrons. The predicted molar refractivity (Wildman–Crippen MR) is 94.4 cm³/mol. The monoisotopic (exact) mass is 386 g/mol. The minimum absolute atomic E-state index is 0.0523. The molecule has 4 nitrogen and oxygen atoms in total. The molecule has 0 bridgehead atoms. The van der Waals surface area contributed by atoms with Crippen molar-refractivity contribution in [3.63, 3.8) is 0 Å². The topological polar surface area (TPSA) is 41.6 Å². The average molecular weight is 387 g/mol. The van der Waals surface area contributed by atoms with E-state index in [2.05, 4.69) is 5.32 Å². The zero-order chi connectivity index (χ0) is 19.3. The number of likely N-dealkylation sites (N-methyl/N-ethyl adjacent to an activating group) is 1. The van der Waals surface area contributed by atoms with E-state index in [9.17, 15) is 18.0 Å². The number of ether oxygens (including phenoxy) is 1. The molecule has 2 rings (SSSR count). The minimum atomic E-state index is -4.36. The van der Waals surface area contributed by atoms with Gasteiger partial charge in [-0.1, -0.05) is 23.7 Å². The van der Waals surface area contributed by atoms with Gasteiger partial charge in [0, 0.05) is 11.6 Å². The van der Waals surface area contributed by atoms with Gasteiger partial charge < -0.3 is 10.1 Å². The molecule has 0 aliphatic heterocycles. The molecule has 0 spiro atoms. The molecule has 2 aromatic carbocycles. The summed E-state index contributed by atoms with van der Waals surface area (Å²) in [6.07, 6.45) is -4.36. The first-order valence-corrected chi connectivity index (χ1v) is 8.05. The lowest BCUT2D eigenvalue weighted by molar-refractivity contribution is -0.137. The lowest BCUT2D eigenvalue weighted by atomic mass is 10.1. The highest BCUT2D eigenvalue weighted by atomic mass is 35.5. The number of rotatable bonds is 6. The Morgan fingerprint density at radius 2 is 1.85 bits per heavy atom. The second-order valence-electron chi connectivity index (χ2n) is 5.76. The number of hydrogen-bond acceptors (Lipinski definition) is 3. The van der Waals surface area contributed by atoms with Crippen molar-refractivity contribution in [3.8, 4) is 5.75 Å². The number of methoxy groups -OCH3 is 1. The van der Waals surface area contributed by atoms with Crippen molar-refractivity contribution >= 4 is 23.2 Å². The molecule has 1 N–H and O–H groups in total. The highest BCUT2D eigenvalue weighted by Gasteiger charge is 2.29. The minimum Gasteiger partial charge on any atom is -0.495 e. The van der Waals surface area contributed by atoms with Gasteiger partial charge in [0.1, 0.15) is 5.75 Å². The smallest absolute Gasteiger partial charge is 0.416 e. The largest absolute Gasteiger partial charge is 0.495 e. The zero-order valence-corrected chi connectivity index (χ0v) is 15.0. The van der Waals surface area contributed by atoms with Gasteiger partial charge >= 0.3 is 6.18 Å². The first-order chi connectivity index (χ1) is 12.2. The number of alkyl halides is 3. The summed E-state index contributed by atoms with van der Waals surface area (Å²) in [5, 5.41) is 3.17. The molecule has 8 heteroatoms. The number of amides is 1. The van der Waals surface area contributed by atoms with Crippen molar-refractivity contribution in [2.75, 3.05) is 26.0 Å². The van der Waals surface area contributed by atoms with E-state index in [0.717, 1.165) is 12.1 Å².